The lowest BCUT2D eigenvalue weighted by molar-refractivity contribution is 0.425. The van der Waals surface area contributed by atoms with Crippen LogP contribution in [0.1, 0.15) is 25.3 Å². The van der Waals surface area contributed by atoms with Gasteiger partial charge in [-0.05, 0) is 63.7 Å². The van der Waals surface area contributed by atoms with Gasteiger partial charge in [-0.3, -0.25) is 4.72 Å². The minimum atomic E-state index is 0.440. The van der Waals surface area contributed by atoms with Crippen molar-refractivity contribution >= 4 is 35.7 Å². The molecule has 0 amide bonds. The summed E-state index contributed by atoms with van der Waals surface area (Å²) in [6.45, 7) is 9.42. The van der Waals surface area contributed by atoms with Crippen molar-refractivity contribution in [2.75, 3.05) is 56.6 Å². The van der Waals surface area contributed by atoms with E-state index in [1.54, 1.807) is 0 Å². The number of aromatic nitrogens is 2. The van der Waals surface area contributed by atoms with Gasteiger partial charge in [0.05, 0.1) is 5.56 Å². The first kappa shape index (κ1) is 23.0. The van der Waals surface area contributed by atoms with Gasteiger partial charge < -0.3 is 21.3 Å². The normalized spacial score (nSPS) is 10.9. The fourth-order valence-corrected chi connectivity index (χ4v) is 3.01. The molecule has 0 fully saturated rings. The summed E-state index contributed by atoms with van der Waals surface area (Å²) in [7, 11) is 4.07. The number of nitrogen functional groups attached to an aromatic ring is 1. The van der Waals surface area contributed by atoms with Gasteiger partial charge in [-0.1, -0.05) is 19.4 Å². The van der Waals surface area contributed by atoms with Crippen LogP contribution in [-0.2, 0) is 0 Å². The zero-order valence-electron chi connectivity index (χ0n) is 17.6. The number of allylic oxidation sites excluding steroid dienone is 1. The maximum absolute atomic E-state index is 6.24. The molecular weight excluding hydrogens is 382 g/mol. The monoisotopic (exact) mass is 415 g/mol. The van der Waals surface area contributed by atoms with Crippen LogP contribution >= 0.6 is 12.8 Å². The van der Waals surface area contributed by atoms with Gasteiger partial charge in [0.15, 0.2) is 5.82 Å². The number of benzene rings is 1. The second-order valence-electron chi connectivity index (χ2n) is 7.29. The molecule has 7 nitrogen and oxygen atoms in total. The first-order valence-electron chi connectivity index (χ1n) is 9.85. The van der Waals surface area contributed by atoms with E-state index in [0.29, 0.717) is 11.6 Å². The number of unbranched alkanes of at least 4 members (excludes halogenated alkanes) is 1. The molecule has 0 saturated carbocycles. The maximum atomic E-state index is 6.24. The second-order valence-corrected chi connectivity index (χ2v) is 7.60. The number of nitrogens with one attached hydrogen (secondary N) is 3. The van der Waals surface area contributed by atoms with Gasteiger partial charge in [0.25, 0.3) is 0 Å². The third kappa shape index (κ3) is 7.23. The average molecular weight is 416 g/mol. The molecule has 0 radical (unpaired) electrons. The van der Waals surface area contributed by atoms with Gasteiger partial charge >= 0.3 is 0 Å². The van der Waals surface area contributed by atoms with Gasteiger partial charge in [-0.2, -0.15) is 0 Å². The molecule has 8 heteroatoms. The summed E-state index contributed by atoms with van der Waals surface area (Å²) >= 11 is 4.00. The molecule has 158 valence electrons. The minimum absolute atomic E-state index is 0.440. The van der Waals surface area contributed by atoms with Crippen LogP contribution in [0.25, 0.3) is 17.0 Å². The highest BCUT2D eigenvalue weighted by Crippen LogP contribution is 2.29. The summed E-state index contributed by atoms with van der Waals surface area (Å²) in [5.41, 5.74) is 9.86. The minimum Gasteiger partial charge on any atom is -0.385 e. The smallest absolute Gasteiger partial charge is 0.163 e. The first-order valence-corrected chi connectivity index (χ1v) is 10.3. The zero-order valence-corrected chi connectivity index (χ0v) is 18.5. The molecule has 1 aromatic carbocycles. The van der Waals surface area contributed by atoms with Crippen molar-refractivity contribution in [3.63, 3.8) is 0 Å². The fourth-order valence-electron chi connectivity index (χ4n) is 2.85. The largest absolute Gasteiger partial charge is 0.385 e. The topological polar surface area (TPSA) is 91.1 Å². The van der Waals surface area contributed by atoms with Crippen molar-refractivity contribution in [2.24, 2.45) is 0 Å². The Bertz CT molecular complexity index is 790. The Morgan fingerprint density at radius 3 is 2.38 bits per heavy atom. The Kier molecular flexibility index (Phi) is 9.24. The van der Waals surface area contributed by atoms with Gasteiger partial charge in [0, 0.05) is 37.4 Å². The van der Waals surface area contributed by atoms with Crippen LogP contribution in [-0.4, -0.2) is 55.1 Å². The Morgan fingerprint density at radius 1 is 1.07 bits per heavy atom. The van der Waals surface area contributed by atoms with Crippen molar-refractivity contribution in [2.45, 2.75) is 19.8 Å². The SMILES string of the molecule is C=C(C)c1c(N)nc(-c2ccc(NCCCCNS)cc2)nc1NCCN(C)C. The zero-order chi connectivity index (χ0) is 21.2. The van der Waals surface area contributed by atoms with E-state index in [4.69, 9.17) is 10.7 Å². The summed E-state index contributed by atoms with van der Waals surface area (Å²) in [4.78, 5) is 11.4. The summed E-state index contributed by atoms with van der Waals surface area (Å²) in [6, 6.07) is 8.10. The van der Waals surface area contributed by atoms with Crippen LogP contribution in [0.4, 0.5) is 17.3 Å². The summed E-state index contributed by atoms with van der Waals surface area (Å²) in [5, 5.41) is 6.80. The van der Waals surface area contributed by atoms with Gasteiger partial charge in [-0.15, -0.1) is 0 Å². The number of likely N-dealkylation sites (N-methyl/N-ethyl adjacent to an activating group) is 1. The number of anilines is 3. The highest BCUT2D eigenvalue weighted by atomic mass is 32.1. The molecule has 0 bridgehead atoms. The highest BCUT2D eigenvalue weighted by molar-refractivity contribution is 7.78. The molecule has 0 aliphatic heterocycles. The lowest BCUT2D eigenvalue weighted by Crippen LogP contribution is -2.22. The van der Waals surface area contributed by atoms with Crippen LogP contribution in [0.2, 0.25) is 0 Å². The molecule has 0 aliphatic rings. The molecule has 0 unspecified atom stereocenters. The number of hydrogen-bond acceptors (Lipinski definition) is 8. The fraction of sp³-hybridized carbons (Fsp3) is 0.429. The van der Waals surface area contributed by atoms with E-state index in [2.05, 4.69) is 44.6 Å². The van der Waals surface area contributed by atoms with E-state index >= 15 is 0 Å². The highest BCUT2D eigenvalue weighted by Gasteiger charge is 2.14. The Balaban J connectivity index is 2.14. The van der Waals surface area contributed by atoms with Gasteiger partial charge in [0.2, 0.25) is 0 Å². The number of nitrogens with two attached hydrogens (primary N) is 1. The summed E-state index contributed by atoms with van der Waals surface area (Å²) in [6.07, 6.45) is 2.17. The predicted molar refractivity (Wildman–Crippen MR) is 128 cm³/mol. The third-order valence-corrected chi connectivity index (χ3v) is 4.63. The van der Waals surface area contributed by atoms with Crippen molar-refractivity contribution < 1.29 is 0 Å². The molecule has 0 saturated heterocycles. The van der Waals surface area contributed by atoms with E-state index in [-0.39, 0.29) is 0 Å². The molecule has 2 aromatic rings. The van der Waals surface area contributed by atoms with E-state index in [9.17, 15) is 0 Å². The lowest BCUT2D eigenvalue weighted by Gasteiger charge is -2.16. The van der Waals surface area contributed by atoms with E-state index < -0.39 is 0 Å². The van der Waals surface area contributed by atoms with Crippen LogP contribution in [0.15, 0.2) is 30.8 Å². The van der Waals surface area contributed by atoms with Gasteiger partial charge in [0.1, 0.15) is 11.6 Å². The van der Waals surface area contributed by atoms with Crippen molar-refractivity contribution in [3.05, 3.63) is 36.4 Å². The summed E-state index contributed by atoms with van der Waals surface area (Å²) in [5.74, 6) is 1.77. The first-order chi connectivity index (χ1) is 13.9. The number of nitrogens with zero attached hydrogens (tertiary/aromatic N) is 3. The Morgan fingerprint density at radius 2 is 1.76 bits per heavy atom. The lowest BCUT2D eigenvalue weighted by atomic mass is 10.1. The molecule has 0 atom stereocenters. The van der Waals surface area contributed by atoms with E-state index in [0.717, 1.165) is 67.2 Å². The molecule has 1 aromatic heterocycles. The molecule has 29 heavy (non-hydrogen) atoms. The maximum Gasteiger partial charge on any atom is 0.163 e. The molecule has 5 N–H and O–H groups in total. The van der Waals surface area contributed by atoms with Crippen molar-refractivity contribution in [1.29, 1.82) is 0 Å². The van der Waals surface area contributed by atoms with Crippen LogP contribution in [0.5, 0.6) is 0 Å². The predicted octanol–water partition coefficient (Wildman–Crippen LogP) is 3.36. The third-order valence-electron chi connectivity index (χ3n) is 4.40. The van der Waals surface area contributed by atoms with E-state index in [1.807, 2.05) is 45.3 Å². The number of hydrogen-bond donors (Lipinski definition) is 5. The summed E-state index contributed by atoms with van der Waals surface area (Å²) < 4.78 is 2.86. The van der Waals surface area contributed by atoms with Crippen LogP contribution in [0.3, 0.4) is 0 Å². The Hall–Kier alpha value is -2.29. The average Bonchev–Trinajstić information content (AvgIpc) is 2.67. The number of rotatable bonds is 12. The molecular formula is C21H33N7S. The Labute approximate surface area is 179 Å². The van der Waals surface area contributed by atoms with Crippen molar-refractivity contribution in [1.82, 2.24) is 19.6 Å². The molecule has 1 heterocycles. The standard InChI is InChI=1S/C21H33N7S/c1-15(2)18-19(22)26-20(27-21(18)24-13-14-28(3)4)16-7-9-17(10-8-16)23-11-5-6-12-25-29/h7-10,23,25,29H,1,5-6,11-14H2,2-4H3,(H3,22,24,26,27). The second kappa shape index (κ2) is 11.6. The van der Waals surface area contributed by atoms with Crippen LogP contribution < -0.4 is 21.1 Å². The molecule has 0 aliphatic carbocycles. The van der Waals surface area contributed by atoms with Crippen LogP contribution in [0, 0.1) is 0 Å². The van der Waals surface area contributed by atoms with E-state index in [1.165, 1.54) is 0 Å². The number of thiol groups is 1. The molecule has 0 spiro atoms. The quantitative estimate of drug-likeness (QED) is 0.268. The van der Waals surface area contributed by atoms with Crippen molar-refractivity contribution in [3.8, 4) is 11.4 Å². The molecule has 2 rings (SSSR count). The van der Waals surface area contributed by atoms with Gasteiger partial charge in [-0.25, -0.2) is 9.97 Å².